The average Bonchev–Trinajstić information content (AvgIpc) is 2.96. The van der Waals surface area contributed by atoms with Crippen molar-refractivity contribution >= 4 is 17.6 Å². The summed E-state index contributed by atoms with van der Waals surface area (Å²) in [5.74, 6) is -1.21. The van der Waals surface area contributed by atoms with Crippen molar-refractivity contribution in [3.63, 3.8) is 0 Å². The number of rotatable bonds is 4. The van der Waals surface area contributed by atoms with Crippen molar-refractivity contribution in [1.29, 1.82) is 0 Å². The summed E-state index contributed by atoms with van der Waals surface area (Å²) in [5.41, 5.74) is 1.90. The minimum atomic E-state index is -0.985. The number of carbonyl (C=O) groups excluding carboxylic acids is 2. The van der Waals surface area contributed by atoms with Crippen LogP contribution < -0.4 is 9.64 Å². The highest BCUT2D eigenvalue weighted by Gasteiger charge is 2.34. The van der Waals surface area contributed by atoms with Crippen LogP contribution in [-0.4, -0.2) is 36.2 Å². The minimum absolute atomic E-state index is 0.00808. The van der Waals surface area contributed by atoms with Crippen LogP contribution in [0.25, 0.3) is 0 Å². The smallest absolute Gasteiger partial charge is 0.342 e. The van der Waals surface area contributed by atoms with E-state index in [9.17, 15) is 14.7 Å². The van der Waals surface area contributed by atoms with E-state index in [2.05, 4.69) is 0 Å². The first-order chi connectivity index (χ1) is 12.4. The molecule has 0 saturated heterocycles. The number of hydrogen-bond donors (Lipinski definition) is 1. The number of carbonyl (C=O) groups is 2. The molecule has 1 N–H and O–H groups in total. The Morgan fingerprint density at radius 3 is 2.65 bits per heavy atom. The zero-order valence-corrected chi connectivity index (χ0v) is 14.9. The lowest BCUT2D eigenvalue weighted by molar-refractivity contribution is -0.126. The molecule has 0 aliphatic carbocycles. The van der Waals surface area contributed by atoms with Gasteiger partial charge in [-0.05, 0) is 44.0 Å². The number of phenolic OH excluding ortho intramolecular Hbond substituents is 1. The van der Waals surface area contributed by atoms with Gasteiger partial charge in [-0.1, -0.05) is 24.3 Å². The van der Waals surface area contributed by atoms with Crippen molar-refractivity contribution in [2.75, 3.05) is 12.0 Å². The van der Waals surface area contributed by atoms with Crippen LogP contribution in [0.15, 0.2) is 42.5 Å². The Hall–Kier alpha value is -3.02. The van der Waals surface area contributed by atoms with Gasteiger partial charge >= 0.3 is 5.97 Å². The van der Waals surface area contributed by atoms with Crippen LogP contribution in [0.2, 0.25) is 0 Å². The number of phenols is 1. The summed E-state index contributed by atoms with van der Waals surface area (Å²) in [4.78, 5) is 26.9. The molecule has 2 unspecified atom stereocenters. The third kappa shape index (κ3) is 3.10. The van der Waals surface area contributed by atoms with Crippen LogP contribution in [0.3, 0.4) is 0 Å². The van der Waals surface area contributed by atoms with Gasteiger partial charge in [-0.25, -0.2) is 4.79 Å². The van der Waals surface area contributed by atoms with E-state index in [4.69, 9.17) is 9.47 Å². The Kier molecular flexibility index (Phi) is 4.84. The molecule has 0 radical (unpaired) electrons. The molecule has 1 amide bonds. The third-order valence-corrected chi connectivity index (χ3v) is 4.52. The van der Waals surface area contributed by atoms with Gasteiger partial charge in [0.05, 0.1) is 7.11 Å². The summed E-state index contributed by atoms with van der Waals surface area (Å²) < 4.78 is 10.3. The predicted molar refractivity (Wildman–Crippen MR) is 96.6 cm³/mol. The second-order valence-corrected chi connectivity index (χ2v) is 6.29. The Morgan fingerprint density at radius 2 is 1.92 bits per heavy atom. The van der Waals surface area contributed by atoms with E-state index in [0.717, 1.165) is 17.7 Å². The van der Waals surface area contributed by atoms with E-state index < -0.39 is 12.1 Å². The van der Waals surface area contributed by atoms with Crippen molar-refractivity contribution in [2.24, 2.45) is 0 Å². The van der Waals surface area contributed by atoms with Crippen molar-refractivity contribution in [3.05, 3.63) is 53.6 Å². The van der Waals surface area contributed by atoms with Gasteiger partial charge < -0.3 is 19.5 Å². The fraction of sp³-hybridized carbons (Fsp3) is 0.300. The highest BCUT2D eigenvalue weighted by atomic mass is 16.5. The van der Waals surface area contributed by atoms with Crippen molar-refractivity contribution in [1.82, 2.24) is 0 Å². The van der Waals surface area contributed by atoms with Crippen molar-refractivity contribution < 1.29 is 24.2 Å². The molecule has 6 heteroatoms. The molecule has 0 aromatic heterocycles. The summed E-state index contributed by atoms with van der Waals surface area (Å²) in [7, 11) is 1.39. The Bertz CT molecular complexity index is 848. The second-order valence-electron chi connectivity index (χ2n) is 6.29. The summed E-state index contributed by atoms with van der Waals surface area (Å²) in [6, 6.07) is 12.2. The van der Waals surface area contributed by atoms with E-state index in [1.54, 1.807) is 11.0 Å². The van der Waals surface area contributed by atoms with Crippen LogP contribution in [0.1, 0.15) is 29.8 Å². The molecular weight excluding hydrogens is 334 g/mol. The molecule has 26 heavy (non-hydrogen) atoms. The topological polar surface area (TPSA) is 76.1 Å². The van der Waals surface area contributed by atoms with Crippen LogP contribution in [0, 0.1) is 0 Å². The number of fused-ring (bicyclic) bond motifs is 1. The Labute approximate surface area is 152 Å². The quantitative estimate of drug-likeness (QED) is 0.854. The van der Waals surface area contributed by atoms with Crippen LogP contribution in [-0.2, 0) is 16.0 Å². The fourth-order valence-electron chi connectivity index (χ4n) is 3.22. The molecular formula is C20H21NO5. The van der Waals surface area contributed by atoms with E-state index in [-0.39, 0.29) is 29.0 Å². The molecule has 1 aliphatic heterocycles. The summed E-state index contributed by atoms with van der Waals surface area (Å²) >= 11 is 0. The first-order valence-electron chi connectivity index (χ1n) is 8.42. The SMILES string of the molecule is COc1cccc(C(=O)OC(C)C(=O)N2c3ccccc3CC2C)c1O. The monoisotopic (exact) mass is 355 g/mol. The lowest BCUT2D eigenvalue weighted by atomic mass is 10.1. The number of hydrogen-bond acceptors (Lipinski definition) is 5. The highest BCUT2D eigenvalue weighted by Crippen LogP contribution is 2.33. The number of nitrogens with zero attached hydrogens (tertiary/aromatic N) is 1. The molecule has 2 aromatic carbocycles. The van der Waals surface area contributed by atoms with E-state index in [1.807, 2.05) is 31.2 Å². The maximum absolute atomic E-state index is 12.9. The number of aromatic hydroxyl groups is 1. The number of esters is 1. The lowest BCUT2D eigenvalue weighted by Gasteiger charge is -2.26. The maximum Gasteiger partial charge on any atom is 0.342 e. The van der Waals surface area contributed by atoms with E-state index in [0.29, 0.717) is 0 Å². The Balaban J connectivity index is 1.77. The largest absolute Gasteiger partial charge is 0.504 e. The molecule has 136 valence electrons. The highest BCUT2D eigenvalue weighted by molar-refractivity contribution is 6.01. The second kappa shape index (κ2) is 7.07. The molecule has 0 bridgehead atoms. The predicted octanol–water partition coefficient (Wildman–Crippen LogP) is 2.92. The molecule has 6 nitrogen and oxygen atoms in total. The molecule has 1 aliphatic rings. The lowest BCUT2D eigenvalue weighted by Crippen LogP contribution is -2.43. The molecule has 2 atom stereocenters. The van der Waals surface area contributed by atoms with Crippen molar-refractivity contribution in [3.8, 4) is 11.5 Å². The number of ether oxygens (including phenoxy) is 2. The van der Waals surface area contributed by atoms with Gasteiger partial charge in [-0.2, -0.15) is 0 Å². The molecule has 0 saturated carbocycles. The van der Waals surface area contributed by atoms with Crippen LogP contribution in [0.5, 0.6) is 11.5 Å². The number of amides is 1. The molecule has 2 aromatic rings. The van der Waals surface area contributed by atoms with Gasteiger partial charge in [0.15, 0.2) is 17.6 Å². The summed E-state index contributed by atoms with van der Waals surface area (Å²) in [6.45, 7) is 3.49. The zero-order chi connectivity index (χ0) is 18.8. The number of benzene rings is 2. The molecule has 0 fully saturated rings. The van der Waals surface area contributed by atoms with Gasteiger partial charge in [0.1, 0.15) is 5.56 Å². The average molecular weight is 355 g/mol. The van der Waals surface area contributed by atoms with E-state index >= 15 is 0 Å². The molecule has 3 rings (SSSR count). The third-order valence-electron chi connectivity index (χ3n) is 4.52. The normalized spacial score (nSPS) is 16.7. The van der Waals surface area contributed by atoms with Gasteiger partial charge in [-0.15, -0.1) is 0 Å². The number of anilines is 1. The maximum atomic E-state index is 12.9. The first-order valence-corrected chi connectivity index (χ1v) is 8.42. The van der Waals surface area contributed by atoms with E-state index in [1.165, 1.54) is 26.2 Å². The fourth-order valence-corrected chi connectivity index (χ4v) is 3.22. The number of methoxy groups -OCH3 is 1. The van der Waals surface area contributed by atoms with Crippen LogP contribution >= 0.6 is 0 Å². The van der Waals surface area contributed by atoms with Gasteiger partial charge in [0, 0.05) is 11.7 Å². The molecule has 0 spiro atoms. The van der Waals surface area contributed by atoms with Crippen LogP contribution in [0.4, 0.5) is 5.69 Å². The zero-order valence-electron chi connectivity index (χ0n) is 14.9. The molecule has 1 heterocycles. The van der Waals surface area contributed by atoms with Gasteiger partial charge in [0.2, 0.25) is 0 Å². The van der Waals surface area contributed by atoms with Crippen molar-refractivity contribution in [2.45, 2.75) is 32.4 Å². The van der Waals surface area contributed by atoms with Gasteiger partial charge in [-0.3, -0.25) is 4.79 Å². The van der Waals surface area contributed by atoms with Gasteiger partial charge in [0.25, 0.3) is 5.91 Å². The minimum Gasteiger partial charge on any atom is -0.504 e. The Morgan fingerprint density at radius 1 is 1.19 bits per heavy atom. The number of para-hydroxylation sites is 2. The standard InChI is InChI=1S/C20H21NO5/c1-12-11-14-7-4-5-9-16(14)21(12)19(23)13(2)26-20(24)15-8-6-10-17(25-3)18(15)22/h4-10,12-13,22H,11H2,1-3H3. The summed E-state index contributed by atoms with van der Waals surface area (Å²) in [5, 5.41) is 10.1. The first kappa shape index (κ1) is 17.8. The summed E-state index contributed by atoms with van der Waals surface area (Å²) in [6.07, 6.45) is -0.221.